The molecule has 2 rings (SSSR count). The van der Waals surface area contributed by atoms with E-state index in [2.05, 4.69) is 5.32 Å². The average molecular weight is 407 g/mol. The van der Waals surface area contributed by atoms with E-state index < -0.39 is 30.2 Å². The first-order valence-corrected chi connectivity index (χ1v) is 8.79. The number of ketones is 1. The number of rotatable bonds is 7. The largest absolute Gasteiger partial charge is 0.456 e. The number of ether oxygens (including phenoxy) is 1. The van der Waals surface area contributed by atoms with Gasteiger partial charge in [-0.2, -0.15) is 13.2 Å². The summed E-state index contributed by atoms with van der Waals surface area (Å²) in [6.45, 7) is 3.06. The SMILES string of the molecule is Cc1ccc(C)c(C(=O)CCC(=O)OCC(=O)Nc2ccc(C(F)(F)F)cc2)c1. The summed E-state index contributed by atoms with van der Waals surface area (Å²) in [6, 6.07) is 9.33. The van der Waals surface area contributed by atoms with Gasteiger partial charge in [0.2, 0.25) is 0 Å². The topological polar surface area (TPSA) is 72.5 Å². The molecule has 0 aliphatic heterocycles. The zero-order chi connectivity index (χ0) is 21.6. The summed E-state index contributed by atoms with van der Waals surface area (Å²) in [4.78, 5) is 35.8. The molecule has 2 aromatic rings. The molecule has 5 nitrogen and oxygen atoms in total. The molecule has 0 radical (unpaired) electrons. The normalized spacial score (nSPS) is 11.1. The number of nitrogens with one attached hydrogen (secondary N) is 1. The van der Waals surface area contributed by atoms with Crippen molar-refractivity contribution in [3.05, 3.63) is 64.7 Å². The molecule has 0 heterocycles. The fourth-order valence-electron chi connectivity index (χ4n) is 2.54. The van der Waals surface area contributed by atoms with Gasteiger partial charge >= 0.3 is 12.1 Å². The van der Waals surface area contributed by atoms with E-state index in [-0.39, 0.29) is 24.3 Å². The van der Waals surface area contributed by atoms with Gasteiger partial charge in [-0.05, 0) is 49.7 Å². The van der Waals surface area contributed by atoms with E-state index in [0.29, 0.717) is 5.56 Å². The summed E-state index contributed by atoms with van der Waals surface area (Å²) in [6.07, 6.45) is -4.70. The number of halogens is 3. The van der Waals surface area contributed by atoms with Crippen LogP contribution in [0.1, 0.15) is 39.9 Å². The van der Waals surface area contributed by atoms with Crippen molar-refractivity contribution in [3.63, 3.8) is 0 Å². The van der Waals surface area contributed by atoms with Crippen molar-refractivity contribution < 1.29 is 32.3 Å². The van der Waals surface area contributed by atoms with Crippen molar-refractivity contribution >= 4 is 23.3 Å². The highest BCUT2D eigenvalue weighted by molar-refractivity contribution is 5.99. The maximum Gasteiger partial charge on any atom is 0.416 e. The summed E-state index contributed by atoms with van der Waals surface area (Å²) >= 11 is 0. The molecule has 1 amide bonds. The van der Waals surface area contributed by atoms with Crippen LogP contribution in [-0.2, 0) is 20.5 Å². The van der Waals surface area contributed by atoms with Crippen LogP contribution in [0.15, 0.2) is 42.5 Å². The Hall–Kier alpha value is -3.16. The number of amides is 1. The molecule has 154 valence electrons. The number of hydrogen-bond acceptors (Lipinski definition) is 4. The Labute approximate surface area is 165 Å². The third-order valence-electron chi connectivity index (χ3n) is 4.11. The molecular formula is C21H20F3NO4. The molecule has 0 spiro atoms. The molecule has 0 saturated carbocycles. The van der Waals surface area contributed by atoms with Gasteiger partial charge in [0, 0.05) is 17.7 Å². The Kier molecular flexibility index (Phi) is 7.14. The standard InChI is InChI=1S/C21H20F3NO4/c1-13-3-4-14(2)17(11-13)18(26)9-10-20(28)29-12-19(27)25-16-7-5-15(6-8-16)21(22,23)24/h3-8,11H,9-10,12H2,1-2H3,(H,25,27). The molecule has 0 aliphatic carbocycles. The van der Waals surface area contributed by atoms with Crippen LogP contribution in [-0.4, -0.2) is 24.3 Å². The van der Waals surface area contributed by atoms with Crippen LogP contribution in [0.3, 0.4) is 0 Å². The highest BCUT2D eigenvalue weighted by Crippen LogP contribution is 2.29. The second-order valence-electron chi connectivity index (χ2n) is 6.53. The van der Waals surface area contributed by atoms with Gasteiger partial charge in [-0.3, -0.25) is 14.4 Å². The van der Waals surface area contributed by atoms with Gasteiger partial charge < -0.3 is 10.1 Å². The summed E-state index contributed by atoms with van der Waals surface area (Å²) < 4.78 is 42.3. The van der Waals surface area contributed by atoms with Crippen molar-refractivity contribution in [1.29, 1.82) is 0 Å². The monoisotopic (exact) mass is 407 g/mol. The van der Waals surface area contributed by atoms with Gasteiger partial charge in [0.15, 0.2) is 12.4 Å². The van der Waals surface area contributed by atoms with Crippen molar-refractivity contribution in [2.75, 3.05) is 11.9 Å². The Balaban J connectivity index is 1.78. The fraction of sp³-hybridized carbons (Fsp3) is 0.286. The van der Waals surface area contributed by atoms with Crippen LogP contribution < -0.4 is 5.32 Å². The summed E-state index contributed by atoms with van der Waals surface area (Å²) in [5, 5.41) is 2.33. The van der Waals surface area contributed by atoms with Crippen LogP contribution >= 0.6 is 0 Å². The number of carbonyl (C=O) groups excluding carboxylic acids is 3. The van der Waals surface area contributed by atoms with E-state index in [4.69, 9.17) is 4.74 Å². The number of carbonyl (C=O) groups is 3. The predicted octanol–water partition coefficient (Wildman–Crippen LogP) is 4.47. The minimum atomic E-state index is -4.47. The lowest BCUT2D eigenvalue weighted by molar-refractivity contribution is -0.147. The number of alkyl halides is 3. The first-order valence-electron chi connectivity index (χ1n) is 8.79. The number of Topliss-reactive ketones (excluding diaryl/α,β-unsaturated/α-hetero) is 1. The van der Waals surface area contributed by atoms with Crippen LogP contribution in [0.2, 0.25) is 0 Å². The van der Waals surface area contributed by atoms with Gasteiger partial charge in [0.25, 0.3) is 5.91 Å². The van der Waals surface area contributed by atoms with Crippen molar-refractivity contribution in [2.45, 2.75) is 32.9 Å². The molecular weight excluding hydrogens is 387 g/mol. The lowest BCUT2D eigenvalue weighted by Gasteiger charge is -2.09. The third-order valence-corrected chi connectivity index (χ3v) is 4.11. The summed E-state index contributed by atoms with van der Waals surface area (Å²) in [7, 11) is 0. The molecule has 8 heteroatoms. The molecule has 0 fully saturated rings. The number of anilines is 1. The van der Waals surface area contributed by atoms with Crippen molar-refractivity contribution in [2.24, 2.45) is 0 Å². The van der Waals surface area contributed by atoms with Gasteiger partial charge in [-0.25, -0.2) is 0 Å². The van der Waals surface area contributed by atoms with E-state index in [9.17, 15) is 27.6 Å². The van der Waals surface area contributed by atoms with Crippen LogP contribution in [0, 0.1) is 13.8 Å². The number of aryl methyl sites for hydroxylation is 2. The molecule has 0 bridgehead atoms. The smallest absolute Gasteiger partial charge is 0.416 e. The lowest BCUT2D eigenvalue weighted by atomic mass is 9.99. The van der Waals surface area contributed by atoms with Gasteiger partial charge in [-0.15, -0.1) is 0 Å². The number of benzene rings is 2. The first kappa shape index (κ1) is 22.1. The maximum absolute atomic E-state index is 12.5. The van der Waals surface area contributed by atoms with Gasteiger partial charge in [0.05, 0.1) is 12.0 Å². The molecule has 0 atom stereocenters. The molecule has 0 unspecified atom stereocenters. The minimum absolute atomic E-state index is 0.0519. The second-order valence-corrected chi connectivity index (χ2v) is 6.53. The van der Waals surface area contributed by atoms with Crippen LogP contribution in [0.4, 0.5) is 18.9 Å². The molecule has 0 aliphatic rings. The zero-order valence-corrected chi connectivity index (χ0v) is 15.9. The summed E-state index contributed by atoms with van der Waals surface area (Å²) in [5.74, 6) is -1.61. The van der Waals surface area contributed by atoms with E-state index in [1.54, 1.807) is 13.0 Å². The van der Waals surface area contributed by atoms with Crippen molar-refractivity contribution in [3.8, 4) is 0 Å². The second kappa shape index (κ2) is 9.36. The fourth-order valence-corrected chi connectivity index (χ4v) is 2.54. The van der Waals surface area contributed by atoms with Crippen LogP contribution in [0.25, 0.3) is 0 Å². The maximum atomic E-state index is 12.5. The molecule has 2 aromatic carbocycles. The Morgan fingerprint density at radius 2 is 1.62 bits per heavy atom. The molecule has 1 N–H and O–H groups in total. The molecule has 0 aromatic heterocycles. The van der Waals surface area contributed by atoms with E-state index in [0.717, 1.165) is 35.4 Å². The third kappa shape index (κ3) is 6.74. The highest BCUT2D eigenvalue weighted by atomic mass is 19.4. The highest BCUT2D eigenvalue weighted by Gasteiger charge is 2.30. The van der Waals surface area contributed by atoms with Gasteiger partial charge in [0.1, 0.15) is 0 Å². The number of hydrogen-bond donors (Lipinski definition) is 1. The minimum Gasteiger partial charge on any atom is -0.456 e. The van der Waals surface area contributed by atoms with Crippen LogP contribution in [0.5, 0.6) is 0 Å². The quantitative estimate of drug-likeness (QED) is 0.543. The van der Waals surface area contributed by atoms with E-state index in [1.807, 2.05) is 19.1 Å². The first-order chi connectivity index (χ1) is 13.6. The lowest BCUT2D eigenvalue weighted by Crippen LogP contribution is -2.21. The van der Waals surface area contributed by atoms with E-state index in [1.165, 1.54) is 0 Å². The Bertz CT molecular complexity index is 905. The number of esters is 1. The zero-order valence-electron chi connectivity index (χ0n) is 15.9. The summed E-state index contributed by atoms with van der Waals surface area (Å²) in [5.41, 5.74) is 1.59. The molecule has 0 saturated heterocycles. The Morgan fingerprint density at radius 1 is 0.966 bits per heavy atom. The molecule has 29 heavy (non-hydrogen) atoms. The van der Waals surface area contributed by atoms with E-state index >= 15 is 0 Å². The van der Waals surface area contributed by atoms with Gasteiger partial charge in [-0.1, -0.05) is 17.7 Å². The predicted molar refractivity (Wildman–Crippen MR) is 101 cm³/mol. The van der Waals surface area contributed by atoms with Crippen molar-refractivity contribution in [1.82, 2.24) is 0 Å². The Morgan fingerprint density at radius 3 is 2.24 bits per heavy atom. The average Bonchev–Trinajstić information content (AvgIpc) is 2.66.